The molecule has 4 nitrogen and oxygen atoms in total. The van der Waals surface area contributed by atoms with Crippen molar-refractivity contribution in [2.45, 2.75) is 0 Å². The third-order valence-corrected chi connectivity index (χ3v) is 2.80. The average Bonchev–Trinajstić information content (AvgIpc) is 2.58. The van der Waals surface area contributed by atoms with Crippen LogP contribution in [0.1, 0.15) is 10.5 Å². The number of halogens is 1. The third kappa shape index (κ3) is 1.63. The summed E-state index contributed by atoms with van der Waals surface area (Å²) in [6.45, 7) is 0. The number of pyridine rings is 1. The van der Waals surface area contributed by atoms with E-state index in [0.717, 1.165) is 11.0 Å². The summed E-state index contributed by atoms with van der Waals surface area (Å²) >= 11 is 3.30. The second-order valence-corrected chi connectivity index (χ2v) is 4.00. The Bertz CT molecular complexity index is 533. The quantitative estimate of drug-likeness (QED) is 0.745. The Morgan fingerprint density at radius 2 is 2.33 bits per heavy atom. The summed E-state index contributed by atoms with van der Waals surface area (Å²) in [5.74, 6) is -0.437. The topological polar surface area (TPSA) is 44.1 Å². The predicted molar refractivity (Wildman–Crippen MR) is 59.8 cm³/mol. The molecule has 0 aromatic carbocycles. The number of rotatable bonds is 1. The number of aromatic nitrogens is 2. The van der Waals surface area contributed by atoms with Gasteiger partial charge in [0.1, 0.15) is 0 Å². The van der Waals surface area contributed by atoms with Crippen LogP contribution in [0.3, 0.4) is 0 Å². The Kier molecular flexibility index (Phi) is 2.48. The third-order valence-electron chi connectivity index (χ3n) is 2.20. The number of nitrogens with zero attached hydrogens (tertiary/aromatic N) is 2. The molecule has 15 heavy (non-hydrogen) atoms. The van der Waals surface area contributed by atoms with Crippen LogP contribution in [0.5, 0.6) is 0 Å². The van der Waals surface area contributed by atoms with Crippen LogP contribution in [0.25, 0.3) is 11.0 Å². The van der Waals surface area contributed by atoms with Gasteiger partial charge in [0.25, 0.3) is 0 Å². The van der Waals surface area contributed by atoms with E-state index in [4.69, 9.17) is 0 Å². The number of carbonyl (C=O) groups excluding carboxylic acids is 1. The van der Waals surface area contributed by atoms with Crippen LogP contribution >= 0.6 is 15.9 Å². The fourth-order valence-corrected chi connectivity index (χ4v) is 1.87. The molecule has 0 radical (unpaired) electrons. The first-order chi connectivity index (χ1) is 7.13. The highest BCUT2D eigenvalue weighted by Gasteiger charge is 2.14. The van der Waals surface area contributed by atoms with E-state index in [1.54, 1.807) is 0 Å². The zero-order valence-corrected chi connectivity index (χ0v) is 9.91. The Balaban J connectivity index is 2.68. The van der Waals surface area contributed by atoms with Crippen LogP contribution in [-0.4, -0.2) is 22.6 Å². The molecule has 0 spiro atoms. The summed E-state index contributed by atoms with van der Waals surface area (Å²) in [4.78, 5) is 15.6. The molecule has 0 aliphatic rings. The zero-order valence-electron chi connectivity index (χ0n) is 8.32. The summed E-state index contributed by atoms with van der Waals surface area (Å²) in [6, 6.07) is 3.71. The molecule has 0 saturated carbocycles. The number of ether oxygens (including phenoxy) is 1. The molecule has 0 unspecified atom stereocenters. The second-order valence-electron chi connectivity index (χ2n) is 3.14. The molecule has 2 rings (SSSR count). The maximum atomic E-state index is 11.4. The fourth-order valence-electron chi connectivity index (χ4n) is 1.40. The van der Waals surface area contributed by atoms with Gasteiger partial charge in [-0.05, 0) is 28.1 Å². The van der Waals surface area contributed by atoms with E-state index >= 15 is 0 Å². The SMILES string of the molecule is COC(=O)c1nc2ccn(C)c2cc1Br. The molecule has 0 bridgehead atoms. The molecule has 2 heterocycles. The molecule has 0 amide bonds. The number of aryl methyl sites for hydroxylation is 1. The van der Waals surface area contributed by atoms with E-state index in [2.05, 4.69) is 25.7 Å². The maximum absolute atomic E-state index is 11.4. The Hall–Kier alpha value is -1.36. The lowest BCUT2D eigenvalue weighted by Crippen LogP contribution is -2.05. The maximum Gasteiger partial charge on any atom is 0.357 e. The molecular formula is C10H9BrN2O2. The van der Waals surface area contributed by atoms with E-state index in [0.29, 0.717) is 10.2 Å². The molecule has 0 aliphatic heterocycles. The molecule has 78 valence electrons. The molecule has 2 aromatic heterocycles. The van der Waals surface area contributed by atoms with Crippen molar-refractivity contribution in [1.82, 2.24) is 9.55 Å². The predicted octanol–water partition coefficient (Wildman–Crippen LogP) is 2.12. The normalized spacial score (nSPS) is 10.6. The van der Waals surface area contributed by atoms with Gasteiger partial charge in [-0.3, -0.25) is 0 Å². The summed E-state index contributed by atoms with van der Waals surface area (Å²) < 4.78 is 7.22. The van der Waals surface area contributed by atoms with Crippen LogP contribution in [0.2, 0.25) is 0 Å². The van der Waals surface area contributed by atoms with Gasteiger partial charge in [0, 0.05) is 13.2 Å². The minimum Gasteiger partial charge on any atom is -0.464 e. The number of hydrogen-bond acceptors (Lipinski definition) is 3. The van der Waals surface area contributed by atoms with Gasteiger partial charge in [-0.2, -0.15) is 0 Å². The summed E-state index contributed by atoms with van der Waals surface area (Å²) in [5, 5.41) is 0. The highest BCUT2D eigenvalue weighted by Crippen LogP contribution is 2.22. The molecule has 2 aromatic rings. The highest BCUT2D eigenvalue weighted by molar-refractivity contribution is 9.10. The van der Waals surface area contributed by atoms with E-state index in [-0.39, 0.29) is 0 Å². The van der Waals surface area contributed by atoms with Crippen LogP contribution in [0.4, 0.5) is 0 Å². The average molecular weight is 269 g/mol. The van der Waals surface area contributed by atoms with Crippen LogP contribution < -0.4 is 0 Å². The van der Waals surface area contributed by atoms with Crippen molar-refractivity contribution in [2.24, 2.45) is 7.05 Å². The van der Waals surface area contributed by atoms with Crippen LogP contribution in [-0.2, 0) is 11.8 Å². The summed E-state index contributed by atoms with van der Waals surface area (Å²) in [5.41, 5.74) is 2.05. The van der Waals surface area contributed by atoms with Crippen molar-refractivity contribution in [3.63, 3.8) is 0 Å². The van der Waals surface area contributed by atoms with E-state index in [9.17, 15) is 4.79 Å². The Labute approximate surface area is 95.0 Å². The smallest absolute Gasteiger partial charge is 0.357 e. The van der Waals surface area contributed by atoms with Crippen molar-refractivity contribution >= 4 is 32.9 Å². The standard InChI is InChI=1S/C10H9BrN2O2/c1-13-4-3-7-8(13)5-6(11)9(12-7)10(14)15-2/h3-5H,1-2H3. The molecule has 0 fully saturated rings. The van der Waals surface area contributed by atoms with E-state index in [1.165, 1.54) is 7.11 Å². The van der Waals surface area contributed by atoms with Crippen molar-refractivity contribution in [2.75, 3.05) is 7.11 Å². The van der Waals surface area contributed by atoms with Crippen molar-refractivity contribution in [1.29, 1.82) is 0 Å². The number of carbonyl (C=O) groups is 1. The number of methoxy groups -OCH3 is 1. The number of esters is 1. The van der Waals surface area contributed by atoms with E-state index in [1.807, 2.05) is 29.9 Å². The minimum atomic E-state index is -0.437. The first-order valence-corrected chi connectivity index (χ1v) is 5.12. The zero-order chi connectivity index (χ0) is 11.0. The van der Waals surface area contributed by atoms with Gasteiger partial charge >= 0.3 is 5.97 Å². The lowest BCUT2D eigenvalue weighted by Gasteiger charge is -2.02. The molecule has 5 heteroatoms. The number of hydrogen-bond donors (Lipinski definition) is 0. The van der Waals surface area contributed by atoms with Gasteiger partial charge in [-0.15, -0.1) is 0 Å². The molecular weight excluding hydrogens is 260 g/mol. The first kappa shape index (κ1) is 10.2. The van der Waals surface area contributed by atoms with Crippen molar-refractivity contribution in [3.05, 3.63) is 28.5 Å². The summed E-state index contributed by atoms with van der Waals surface area (Å²) in [7, 11) is 3.26. The van der Waals surface area contributed by atoms with Crippen LogP contribution in [0, 0.1) is 0 Å². The van der Waals surface area contributed by atoms with Gasteiger partial charge in [-0.25, -0.2) is 9.78 Å². The van der Waals surface area contributed by atoms with Gasteiger partial charge < -0.3 is 9.30 Å². The summed E-state index contributed by atoms with van der Waals surface area (Å²) in [6.07, 6.45) is 1.89. The van der Waals surface area contributed by atoms with Gasteiger partial charge in [0.05, 0.1) is 22.6 Å². The van der Waals surface area contributed by atoms with Crippen LogP contribution in [0.15, 0.2) is 22.8 Å². The van der Waals surface area contributed by atoms with E-state index < -0.39 is 5.97 Å². The number of fused-ring (bicyclic) bond motifs is 1. The van der Waals surface area contributed by atoms with Crippen molar-refractivity contribution < 1.29 is 9.53 Å². The lowest BCUT2D eigenvalue weighted by atomic mass is 10.3. The molecule has 0 atom stereocenters. The molecule has 0 aliphatic carbocycles. The van der Waals surface area contributed by atoms with Crippen molar-refractivity contribution in [3.8, 4) is 0 Å². The molecule has 0 saturated heterocycles. The monoisotopic (exact) mass is 268 g/mol. The first-order valence-electron chi connectivity index (χ1n) is 4.33. The Morgan fingerprint density at radius 3 is 3.00 bits per heavy atom. The van der Waals surface area contributed by atoms with Gasteiger partial charge in [0.15, 0.2) is 5.69 Å². The molecule has 0 N–H and O–H groups in total. The largest absolute Gasteiger partial charge is 0.464 e. The highest BCUT2D eigenvalue weighted by atomic mass is 79.9. The van der Waals surface area contributed by atoms with Gasteiger partial charge in [0.2, 0.25) is 0 Å². The lowest BCUT2D eigenvalue weighted by molar-refractivity contribution is 0.0593. The van der Waals surface area contributed by atoms with Gasteiger partial charge in [-0.1, -0.05) is 0 Å². The second kappa shape index (κ2) is 3.66. The minimum absolute atomic E-state index is 0.302. The Morgan fingerprint density at radius 1 is 1.60 bits per heavy atom. The fraction of sp³-hybridized carbons (Fsp3) is 0.200.